The van der Waals surface area contributed by atoms with Crippen LogP contribution < -0.4 is 5.32 Å². The number of nitrogens with zero attached hydrogens (tertiary/aromatic N) is 3. The maximum atomic E-state index is 12.1. The lowest BCUT2D eigenvalue weighted by Crippen LogP contribution is -2.50. The molecule has 28 heavy (non-hydrogen) atoms. The summed E-state index contributed by atoms with van der Waals surface area (Å²) in [7, 11) is 0. The molecule has 7 nitrogen and oxygen atoms in total. The Labute approximate surface area is 173 Å². The van der Waals surface area contributed by atoms with Crippen LogP contribution in [0.1, 0.15) is 30.8 Å². The second-order valence-corrected chi connectivity index (χ2v) is 7.97. The third-order valence-corrected chi connectivity index (χ3v) is 5.90. The molecule has 3 N–H and O–H groups in total. The van der Waals surface area contributed by atoms with Crippen molar-refractivity contribution >= 4 is 27.8 Å². The van der Waals surface area contributed by atoms with Crippen LogP contribution in [0.2, 0.25) is 0 Å². The molecule has 8 heteroatoms. The largest absolute Gasteiger partial charge is 0.513 e. The van der Waals surface area contributed by atoms with E-state index < -0.39 is 18.2 Å². The van der Waals surface area contributed by atoms with Crippen molar-refractivity contribution in [3.05, 3.63) is 51.9 Å². The predicted octanol–water partition coefficient (Wildman–Crippen LogP) is 3.21. The van der Waals surface area contributed by atoms with E-state index in [1.807, 2.05) is 44.2 Å². The summed E-state index contributed by atoms with van der Waals surface area (Å²) < 4.78 is 0.513. The molecular formula is C20H26BrN4O3+. The first-order chi connectivity index (χ1) is 13.4. The van der Waals surface area contributed by atoms with Gasteiger partial charge in [-0.25, -0.2) is 14.5 Å². The maximum Gasteiger partial charge on any atom is 0.513 e. The summed E-state index contributed by atoms with van der Waals surface area (Å²) >= 11 is 3.45. The van der Waals surface area contributed by atoms with Crippen LogP contribution in [0, 0.1) is 0 Å². The normalized spacial score (nSPS) is 24.3. The Hall–Kier alpha value is -2.03. The molecule has 0 spiro atoms. The first-order valence-electron chi connectivity index (χ1n) is 9.52. The van der Waals surface area contributed by atoms with Crippen LogP contribution in [0.25, 0.3) is 0 Å². The Morgan fingerprint density at radius 1 is 1.18 bits per heavy atom. The number of aryl methyl sites for hydroxylation is 2. The number of aliphatic hydroxyl groups excluding tert-OH is 1. The molecule has 1 saturated heterocycles. The molecule has 150 valence electrons. The van der Waals surface area contributed by atoms with Crippen molar-refractivity contribution in [1.82, 2.24) is 9.97 Å². The highest BCUT2D eigenvalue weighted by molar-refractivity contribution is 9.10. The van der Waals surface area contributed by atoms with Crippen LogP contribution in [0.15, 0.2) is 34.9 Å². The Balaban J connectivity index is 1.85. The third kappa shape index (κ3) is 4.19. The van der Waals surface area contributed by atoms with E-state index in [9.17, 15) is 15.0 Å². The van der Waals surface area contributed by atoms with Crippen LogP contribution >= 0.6 is 15.9 Å². The van der Waals surface area contributed by atoms with E-state index in [1.165, 1.54) is 0 Å². The number of halogens is 1. The number of quaternary nitrogens is 1. The van der Waals surface area contributed by atoms with Crippen LogP contribution in [-0.2, 0) is 19.4 Å². The van der Waals surface area contributed by atoms with Gasteiger partial charge < -0.3 is 15.5 Å². The molecule has 1 aromatic heterocycles. The van der Waals surface area contributed by atoms with Crippen molar-refractivity contribution in [2.45, 2.75) is 45.4 Å². The van der Waals surface area contributed by atoms with Gasteiger partial charge in [0.2, 0.25) is 0 Å². The minimum atomic E-state index is -0.931. The lowest BCUT2D eigenvalue weighted by Gasteiger charge is -2.28. The fourth-order valence-corrected chi connectivity index (χ4v) is 4.31. The van der Waals surface area contributed by atoms with Crippen molar-refractivity contribution in [1.29, 1.82) is 0 Å². The van der Waals surface area contributed by atoms with Crippen molar-refractivity contribution in [3.63, 3.8) is 0 Å². The summed E-state index contributed by atoms with van der Waals surface area (Å²) in [5.41, 5.74) is 2.55. The average Bonchev–Trinajstić information content (AvgIpc) is 3.00. The van der Waals surface area contributed by atoms with Crippen LogP contribution in [-0.4, -0.2) is 56.0 Å². The Bertz CT molecular complexity index is 849. The van der Waals surface area contributed by atoms with E-state index in [-0.39, 0.29) is 17.6 Å². The van der Waals surface area contributed by atoms with Gasteiger partial charge in [-0.1, -0.05) is 44.2 Å². The van der Waals surface area contributed by atoms with E-state index in [0.29, 0.717) is 18.8 Å². The first-order valence-corrected chi connectivity index (χ1v) is 10.3. The molecule has 1 aliphatic rings. The summed E-state index contributed by atoms with van der Waals surface area (Å²) in [6.07, 6.45) is -0.314. The lowest BCUT2D eigenvalue weighted by atomic mass is 10.2. The number of hydrogen-bond acceptors (Lipinski definition) is 5. The fourth-order valence-electron chi connectivity index (χ4n) is 3.73. The maximum absolute atomic E-state index is 12.1. The smallest absolute Gasteiger partial charge is 0.435 e. The number of hydrogen-bond donors (Lipinski definition) is 3. The van der Waals surface area contributed by atoms with Gasteiger partial charge in [0.25, 0.3) is 0 Å². The number of anilines is 1. The van der Waals surface area contributed by atoms with Crippen LogP contribution in [0.3, 0.4) is 0 Å². The molecule has 3 rings (SSSR count). The standard InChI is InChI=1S/C20H25BrN4O3/c1-3-14-18(21)22-15(4-2)19(23-14)24-16-11-25(20(27)28,12-17(16)26)10-13-8-6-5-7-9-13/h5-9,16-17,26H,3-4,10-12H2,1-2H3,(H-,23,24,27,28)/p+1/t16-,17+,25?/m1/s1. The van der Waals surface area contributed by atoms with E-state index >= 15 is 0 Å². The molecule has 0 bridgehead atoms. The first kappa shape index (κ1) is 20.7. The zero-order chi connectivity index (χ0) is 20.3. The van der Waals surface area contributed by atoms with Gasteiger partial charge in [0.15, 0.2) is 0 Å². The number of likely N-dealkylation sites (tertiary alicyclic amines) is 1. The van der Waals surface area contributed by atoms with E-state index in [4.69, 9.17) is 0 Å². The summed E-state index contributed by atoms with van der Waals surface area (Å²) in [5, 5.41) is 23.9. The van der Waals surface area contributed by atoms with E-state index in [2.05, 4.69) is 31.2 Å². The molecule has 1 aromatic carbocycles. The minimum Gasteiger partial charge on any atom is -0.435 e. The highest BCUT2D eigenvalue weighted by Crippen LogP contribution is 2.28. The molecule has 1 amide bonds. The van der Waals surface area contributed by atoms with E-state index in [0.717, 1.165) is 28.0 Å². The second-order valence-electron chi connectivity index (χ2n) is 7.22. The van der Waals surface area contributed by atoms with Gasteiger partial charge in [0.1, 0.15) is 42.2 Å². The highest BCUT2D eigenvalue weighted by Gasteiger charge is 2.50. The fraction of sp³-hybridized carbons (Fsp3) is 0.450. The molecule has 3 atom stereocenters. The Morgan fingerprint density at radius 2 is 1.86 bits per heavy atom. The van der Waals surface area contributed by atoms with Gasteiger partial charge in [-0.3, -0.25) is 0 Å². The minimum absolute atomic E-state index is 0.147. The quantitative estimate of drug-likeness (QED) is 0.585. The number of carbonyl (C=O) groups is 1. The highest BCUT2D eigenvalue weighted by atomic mass is 79.9. The molecule has 0 radical (unpaired) electrons. The van der Waals surface area contributed by atoms with Gasteiger partial charge >= 0.3 is 6.09 Å². The SMILES string of the molecule is CCc1nc(N[C@@H]2C[N+](Cc3ccccc3)(C(=O)O)C[C@@H]2O)c(CC)nc1Br. The van der Waals surface area contributed by atoms with Crippen LogP contribution in [0.4, 0.5) is 10.6 Å². The van der Waals surface area contributed by atoms with E-state index in [1.54, 1.807) is 0 Å². The Morgan fingerprint density at radius 3 is 2.46 bits per heavy atom. The summed E-state index contributed by atoms with van der Waals surface area (Å²) in [4.78, 5) is 21.3. The van der Waals surface area contributed by atoms with Crippen LogP contribution in [0.5, 0.6) is 0 Å². The number of aliphatic hydroxyl groups is 1. The van der Waals surface area contributed by atoms with Crippen molar-refractivity contribution < 1.29 is 19.5 Å². The number of amides is 1. The number of aromatic nitrogens is 2. The number of carboxylic acid groups (broad SMARTS) is 1. The molecule has 2 aromatic rings. The zero-order valence-corrected chi connectivity index (χ0v) is 17.7. The molecule has 1 fully saturated rings. The van der Waals surface area contributed by atoms with Gasteiger partial charge in [0, 0.05) is 5.56 Å². The lowest BCUT2D eigenvalue weighted by molar-refractivity contribution is -0.860. The van der Waals surface area contributed by atoms with Gasteiger partial charge in [0.05, 0.1) is 11.4 Å². The number of rotatable bonds is 6. The number of nitrogens with one attached hydrogen (secondary N) is 1. The summed E-state index contributed by atoms with van der Waals surface area (Å²) in [5.74, 6) is 0.622. The third-order valence-electron chi connectivity index (χ3n) is 5.26. The number of benzene rings is 1. The van der Waals surface area contributed by atoms with Crippen molar-refractivity contribution in [3.8, 4) is 0 Å². The zero-order valence-electron chi connectivity index (χ0n) is 16.1. The van der Waals surface area contributed by atoms with Gasteiger partial charge in [-0.05, 0) is 28.8 Å². The Kier molecular flexibility index (Phi) is 6.32. The molecule has 1 aliphatic heterocycles. The summed E-state index contributed by atoms with van der Waals surface area (Å²) in [6.45, 7) is 4.74. The van der Waals surface area contributed by atoms with Gasteiger partial charge in [-0.2, -0.15) is 4.79 Å². The van der Waals surface area contributed by atoms with Gasteiger partial charge in [-0.15, -0.1) is 0 Å². The monoisotopic (exact) mass is 449 g/mol. The summed E-state index contributed by atoms with van der Waals surface area (Å²) in [6, 6.07) is 9.12. The molecule has 0 aliphatic carbocycles. The average molecular weight is 450 g/mol. The topological polar surface area (TPSA) is 95.3 Å². The molecule has 2 heterocycles. The second kappa shape index (κ2) is 8.55. The molecular weight excluding hydrogens is 424 g/mol. The molecule has 1 unspecified atom stereocenters. The predicted molar refractivity (Wildman–Crippen MR) is 110 cm³/mol. The van der Waals surface area contributed by atoms with Crippen molar-refractivity contribution in [2.24, 2.45) is 0 Å². The molecule has 0 saturated carbocycles. The van der Waals surface area contributed by atoms with Crippen molar-refractivity contribution in [2.75, 3.05) is 18.4 Å².